The number of aromatic amines is 1. The Kier molecular flexibility index (Phi) is 3.40. The monoisotopic (exact) mass is 285 g/mol. The van der Waals surface area contributed by atoms with Crippen LogP contribution in [0.15, 0.2) is 72.8 Å². The minimum atomic E-state index is 1.14. The van der Waals surface area contributed by atoms with Gasteiger partial charge in [0.15, 0.2) is 0 Å². The highest BCUT2D eigenvalue weighted by Crippen LogP contribution is 2.37. The summed E-state index contributed by atoms with van der Waals surface area (Å²) >= 11 is 0. The summed E-state index contributed by atoms with van der Waals surface area (Å²) in [6, 6.07) is 19.3. The van der Waals surface area contributed by atoms with E-state index < -0.39 is 0 Å². The number of benzene rings is 2. The van der Waals surface area contributed by atoms with Crippen LogP contribution in [0, 0.1) is 0 Å². The summed E-state index contributed by atoms with van der Waals surface area (Å²) in [5.74, 6) is 0. The van der Waals surface area contributed by atoms with Crippen molar-refractivity contribution >= 4 is 16.5 Å². The molecule has 0 aliphatic heterocycles. The first kappa shape index (κ1) is 13.1. The zero-order chi connectivity index (χ0) is 14.8. The van der Waals surface area contributed by atoms with Gasteiger partial charge in [0.1, 0.15) is 0 Å². The molecule has 4 rings (SSSR count). The Morgan fingerprint density at radius 2 is 1.64 bits per heavy atom. The van der Waals surface area contributed by atoms with Gasteiger partial charge in [-0.3, -0.25) is 0 Å². The van der Waals surface area contributed by atoms with Gasteiger partial charge >= 0.3 is 0 Å². The van der Waals surface area contributed by atoms with Crippen LogP contribution in [0.25, 0.3) is 27.6 Å². The summed E-state index contributed by atoms with van der Waals surface area (Å²) in [5, 5.41) is 1.29. The molecule has 1 aliphatic carbocycles. The van der Waals surface area contributed by atoms with Crippen LogP contribution in [0.1, 0.15) is 25.0 Å². The first-order chi connectivity index (χ1) is 10.9. The van der Waals surface area contributed by atoms with E-state index in [1.807, 2.05) is 0 Å². The molecule has 1 N–H and O–H groups in total. The maximum Gasteiger partial charge on any atom is 0.0541 e. The molecule has 0 unspecified atom stereocenters. The van der Waals surface area contributed by atoms with Crippen molar-refractivity contribution < 1.29 is 0 Å². The third-order valence-corrected chi connectivity index (χ3v) is 4.29. The van der Waals surface area contributed by atoms with Crippen LogP contribution in [0.3, 0.4) is 0 Å². The zero-order valence-electron chi connectivity index (χ0n) is 12.5. The predicted octanol–water partition coefficient (Wildman–Crippen LogP) is 5.96. The molecule has 1 heteroatoms. The lowest BCUT2D eigenvalue weighted by Crippen LogP contribution is -1.86. The van der Waals surface area contributed by atoms with E-state index in [0.717, 1.165) is 6.42 Å². The molecule has 0 saturated heterocycles. The van der Waals surface area contributed by atoms with Gasteiger partial charge in [0, 0.05) is 16.5 Å². The lowest BCUT2D eigenvalue weighted by molar-refractivity contribution is 0.876. The van der Waals surface area contributed by atoms with Crippen LogP contribution in [0.5, 0.6) is 0 Å². The van der Waals surface area contributed by atoms with Crippen LogP contribution in [0.4, 0.5) is 0 Å². The summed E-state index contributed by atoms with van der Waals surface area (Å²) < 4.78 is 0. The molecule has 108 valence electrons. The van der Waals surface area contributed by atoms with Gasteiger partial charge in [-0.25, -0.2) is 0 Å². The van der Waals surface area contributed by atoms with Crippen molar-refractivity contribution in [1.29, 1.82) is 0 Å². The SMILES string of the molecule is C1=CC(c2[nH]c3ccccc3c2-c2ccccc2)=CCCC1. The summed E-state index contributed by atoms with van der Waals surface area (Å²) in [7, 11) is 0. The van der Waals surface area contributed by atoms with Gasteiger partial charge in [0.05, 0.1) is 5.69 Å². The second-order valence-electron chi connectivity index (χ2n) is 5.78. The second-order valence-corrected chi connectivity index (χ2v) is 5.78. The van der Waals surface area contributed by atoms with E-state index in [1.165, 1.54) is 46.1 Å². The molecule has 0 radical (unpaired) electrons. The maximum absolute atomic E-state index is 3.64. The number of allylic oxidation sites excluding steroid dienone is 4. The van der Waals surface area contributed by atoms with Crippen molar-refractivity contribution in [2.75, 3.05) is 0 Å². The Morgan fingerprint density at radius 1 is 0.818 bits per heavy atom. The van der Waals surface area contributed by atoms with Crippen LogP contribution >= 0.6 is 0 Å². The normalized spacial score (nSPS) is 14.8. The number of nitrogens with one attached hydrogen (secondary N) is 1. The fraction of sp³-hybridized carbons (Fsp3) is 0.143. The summed E-state index contributed by atoms with van der Waals surface area (Å²) in [6.45, 7) is 0. The third kappa shape index (κ3) is 2.29. The molecular formula is C21H19N. The number of hydrogen-bond donors (Lipinski definition) is 1. The Balaban J connectivity index is 2.00. The van der Waals surface area contributed by atoms with Gasteiger partial charge in [0.25, 0.3) is 0 Å². The lowest BCUT2D eigenvalue weighted by atomic mass is 9.98. The zero-order valence-corrected chi connectivity index (χ0v) is 12.5. The van der Waals surface area contributed by atoms with Gasteiger partial charge < -0.3 is 4.98 Å². The molecule has 22 heavy (non-hydrogen) atoms. The first-order valence-corrected chi connectivity index (χ1v) is 7.97. The van der Waals surface area contributed by atoms with E-state index in [9.17, 15) is 0 Å². The lowest BCUT2D eigenvalue weighted by Gasteiger charge is -2.06. The van der Waals surface area contributed by atoms with E-state index >= 15 is 0 Å². The van der Waals surface area contributed by atoms with Crippen molar-refractivity contribution in [1.82, 2.24) is 4.98 Å². The van der Waals surface area contributed by atoms with Crippen LogP contribution < -0.4 is 0 Å². The molecule has 1 aliphatic rings. The third-order valence-electron chi connectivity index (χ3n) is 4.29. The van der Waals surface area contributed by atoms with Crippen molar-refractivity contribution in [2.24, 2.45) is 0 Å². The number of para-hydroxylation sites is 1. The molecule has 0 bridgehead atoms. The van der Waals surface area contributed by atoms with Crippen molar-refractivity contribution in [3.05, 3.63) is 78.5 Å². The first-order valence-electron chi connectivity index (χ1n) is 7.97. The number of aromatic nitrogens is 1. The summed E-state index contributed by atoms with van der Waals surface area (Å²) in [4.78, 5) is 3.64. The molecule has 0 amide bonds. The second kappa shape index (κ2) is 5.69. The van der Waals surface area contributed by atoms with Gasteiger partial charge in [-0.1, -0.05) is 66.8 Å². The van der Waals surface area contributed by atoms with Gasteiger partial charge in [-0.2, -0.15) is 0 Å². The Morgan fingerprint density at radius 3 is 2.55 bits per heavy atom. The van der Waals surface area contributed by atoms with Crippen molar-refractivity contribution in [2.45, 2.75) is 19.3 Å². The number of rotatable bonds is 2. The highest BCUT2D eigenvalue weighted by atomic mass is 14.7. The molecule has 0 fully saturated rings. The fourth-order valence-corrected chi connectivity index (χ4v) is 3.22. The largest absolute Gasteiger partial charge is 0.354 e. The standard InChI is InChI=1S/C21H19N/c1-2-5-13-17(12-4-1)21-20(16-10-6-3-7-11-16)18-14-8-9-15-19(18)22-21/h3-4,6-15,22H,1-2,5H2. The number of fused-ring (bicyclic) bond motifs is 1. The van der Waals surface area contributed by atoms with E-state index in [-0.39, 0.29) is 0 Å². The number of H-pyrrole nitrogens is 1. The minimum absolute atomic E-state index is 1.14. The highest BCUT2D eigenvalue weighted by molar-refractivity contribution is 6.02. The topological polar surface area (TPSA) is 15.8 Å². The molecule has 0 spiro atoms. The average molecular weight is 285 g/mol. The minimum Gasteiger partial charge on any atom is -0.354 e. The van der Waals surface area contributed by atoms with E-state index in [4.69, 9.17) is 0 Å². The molecule has 0 saturated carbocycles. The molecule has 0 atom stereocenters. The number of hydrogen-bond acceptors (Lipinski definition) is 0. The smallest absolute Gasteiger partial charge is 0.0541 e. The van der Waals surface area contributed by atoms with Crippen LogP contribution in [-0.2, 0) is 0 Å². The Hall–Kier alpha value is -2.54. The molecule has 1 nitrogen and oxygen atoms in total. The van der Waals surface area contributed by atoms with E-state index in [2.05, 4.69) is 77.8 Å². The van der Waals surface area contributed by atoms with E-state index in [1.54, 1.807) is 0 Å². The summed E-state index contributed by atoms with van der Waals surface area (Å²) in [6.07, 6.45) is 10.5. The molecule has 1 aromatic heterocycles. The predicted molar refractivity (Wildman–Crippen MR) is 94.7 cm³/mol. The quantitative estimate of drug-likeness (QED) is 0.598. The Bertz CT molecular complexity index is 850. The molecule has 3 aromatic rings. The van der Waals surface area contributed by atoms with Crippen molar-refractivity contribution in [3.63, 3.8) is 0 Å². The van der Waals surface area contributed by atoms with Gasteiger partial charge in [-0.15, -0.1) is 0 Å². The van der Waals surface area contributed by atoms with Crippen LogP contribution in [0.2, 0.25) is 0 Å². The average Bonchev–Trinajstić information content (AvgIpc) is 2.76. The fourth-order valence-electron chi connectivity index (χ4n) is 3.22. The van der Waals surface area contributed by atoms with Crippen LogP contribution in [-0.4, -0.2) is 4.98 Å². The molecule has 1 heterocycles. The summed E-state index contributed by atoms with van der Waals surface area (Å²) in [5.41, 5.74) is 6.34. The molecular weight excluding hydrogens is 266 g/mol. The van der Waals surface area contributed by atoms with E-state index in [0.29, 0.717) is 0 Å². The van der Waals surface area contributed by atoms with Gasteiger partial charge in [0.2, 0.25) is 0 Å². The molecule has 2 aromatic carbocycles. The van der Waals surface area contributed by atoms with Gasteiger partial charge in [-0.05, 0) is 36.5 Å². The maximum atomic E-state index is 3.64. The van der Waals surface area contributed by atoms with Crippen molar-refractivity contribution in [3.8, 4) is 11.1 Å². The Labute approximate surface area is 131 Å². The highest BCUT2D eigenvalue weighted by Gasteiger charge is 2.15.